The molecule has 0 unspecified atom stereocenters. The van der Waals surface area contributed by atoms with E-state index in [1.165, 1.54) is 0 Å². The van der Waals surface area contributed by atoms with Crippen molar-refractivity contribution in [1.82, 2.24) is 9.88 Å². The highest BCUT2D eigenvalue weighted by atomic mass is 16.5. The number of aromatic nitrogens is 1. The summed E-state index contributed by atoms with van der Waals surface area (Å²) in [4.78, 5) is 19.0. The second kappa shape index (κ2) is 5.93. The van der Waals surface area contributed by atoms with Gasteiger partial charge in [0.05, 0.1) is 18.8 Å². The first-order chi connectivity index (χ1) is 10.6. The minimum Gasteiger partial charge on any atom is -0.441 e. The lowest BCUT2D eigenvalue weighted by Gasteiger charge is -2.36. The molecule has 0 aliphatic carbocycles. The maximum absolute atomic E-state index is 12.8. The van der Waals surface area contributed by atoms with E-state index in [2.05, 4.69) is 4.98 Å². The van der Waals surface area contributed by atoms with Gasteiger partial charge in [-0.15, -0.1) is 0 Å². The summed E-state index contributed by atoms with van der Waals surface area (Å²) in [5, 5.41) is 0. The molecule has 1 amide bonds. The predicted molar refractivity (Wildman–Crippen MR) is 82.6 cm³/mol. The van der Waals surface area contributed by atoms with Crippen LogP contribution < -0.4 is 0 Å². The number of hydrogen-bond acceptors (Lipinski definition) is 4. The smallest absolute Gasteiger partial charge is 0.276 e. The number of benzene rings is 1. The molecule has 1 fully saturated rings. The Balaban J connectivity index is 1.88. The highest BCUT2D eigenvalue weighted by Gasteiger charge is 2.31. The van der Waals surface area contributed by atoms with Crippen LogP contribution in [0.2, 0.25) is 0 Å². The fourth-order valence-corrected chi connectivity index (χ4v) is 2.62. The molecular formula is C17H20N2O3. The van der Waals surface area contributed by atoms with Crippen molar-refractivity contribution in [2.75, 3.05) is 13.2 Å². The first kappa shape index (κ1) is 14.8. The maximum atomic E-state index is 12.8. The van der Waals surface area contributed by atoms with Gasteiger partial charge in [-0.1, -0.05) is 18.2 Å². The van der Waals surface area contributed by atoms with E-state index in [9.17, 15) is 4.79 Å². The summed E-state index contributed by atoms with van der Waals surface area (Å²) in [5.41, 5.74) is 1.26. The van der Waals surface area contributed by atoms with Crippen LogP contribution in [0.4, 0.5) is 0 Å². The summed E-state index contributed by atoms with van der Waals surface area (Å²) in [6.45, 7) is 6.86. The largest absolute Gasteiger partial charge is 0.441 e. The Morgan fingerprint density at radius 3 is 2.73 bits per heavy atom. The fourth-order valence-electron chi connectivity index (χ4n) is 2.62. The van der Waals surface area contributed by atoms with E-state index < -0.39 is 0 Å². The molecule has 2 heterocycles. The number of carbonyl (C=O) groups excluding carboxylic acids is 1. The Morgan fingerprint density at radius 1 is 1.27 bits per heavy atom. The summed E-state index contributed by atoms with van der Waals surface area (Å²) < 4.78 is 11.3. The van der Waals surface area contributed by atoms with Crippen LogP contribution in [0, 0.1) is 6.92 Å². The monoisotopic (exact) mass is 300 g/mol. The van der Waals surface area contributed by atoms with Crippen LogP contribution in [-0.4, -0.2) is 41.1 Å². The molecular weight excluding hydrogens is 280 g/mol. The molecule has 116 valence electrons. The van der Waals surface area contributed by atoms with Crippen molar-refractivity contribution in [2.45, 2.75) is 32.9 Å². The van der Waals surface area contributed by atoms with E-state index in [1.807, 2.05) is 49.1 Å². The Hall–Kier alpha value is -2.14. The summed E-state index contributed by atoms with van der Waals surface area (Å²) in [6.07, 6.45) is 0.0425. The lowest BCUT2D eigenvalue weighted by molar-refractivity contribution is -0.0389. The van der Waals surface area contributed by atoms with E-state index in [0.717, 1.165) is 5.56 Å². The zero-order chi connectivity index (χ0) is 15.7. The Labute approximate surface area is 129 Å². The van der Waals surface area contributed by atoms with Crippen LogP contribution in [0.25, 0.3) is 11.5 Å². The van der Waals surface area contributed by atoms with E-state index in [1.54, 1.807) is 6.92 Å². The second-order valence-electron chi connectivity index (χ2n) is 5.74. The topological polar surface area (TPSA) is 55.6 Å². The van der Waals surface area contributed by atoms with Gasteiger partial charge in [-0.3, -0.25) is 4.79 Å². The highest BCUT2D eigenvalue weighted by molar-refractivity contribution is 5.94. The molecule has 2 aromatic rings. The molecule has 3 rings (SSSR count). The van der Waals surface area contributed by atoms with Gasteiger partial charge in [-0.25, -0.2) is 4.98 Å². The van der Waals surface area contributed by atoms with Crippen LogP contribution in [0.1, 0.15) is 30.1 Å². The third-order valence-corrected chi connectivity index (χ3v) is 3.89. The molecule has 0 saturated carbocycles. The van der Waals surface area contributed by atoms with E-state index in [-0.39, 0.29) is 18.1 Å². The molecule has 1 aliphatic heterocycles. The van der Waals surface area contributed by atoms with Crippen molar-refractivity contribution in [3.8, 4) is 11.5 Å². The van der Waals surface area contributed by atoms with Gasteiger partial charge in [0, 0.05) is 12.1 Å². The van der Waals surface area contributed by atoms with Gasteiger partial charge >= 0.3 is 0 Å². The van der Waals surface area contributed by atoms with Crippen molar-refractivity contribution in [3.05, 3.63) is 41.8 Å². The third kappa shape index (κ3) is 2.76. The van der Waals surface area contributed by atoms with Crippen molar-refractivity contribution < 1.29 is 13.9 Å². The standard InChI is InChI=1S/C17H20N2O3/c1-11-10-21-12(2)9-19(11)17(20)15-13(3)22-16(18-15)14-7-5-4-6-8-14/h4-8,11-12H,9-10H2,1-3H3/t11-,12-/m0/s1. The van der Waals surface area contributed by atoms with Gasteiger partial charge < -0.3 is 14.1 Å². The molecule has 1 saturated heterocycles. The zero-order valence-corrected chi connectivity index (χ0v) is 13.1. The first-order valence-electron chi connectivity index (χ1n) is 7.51. The van der Waals surface area contributed by atoms with Crippen LogP contribution in [0.15, 0.2) is 34.7 Å². The van der Waals surface area contributed by atoms with E-state index >= 15 is 0 Å². The average molecular weight is 300 g/mol. The van der Waals surface area contributed by atoms with Gasteiger partial charge in [0.25, 0.3) is 5.91 Å². The first-order valence-corrected chi connectivity index (χ1v) is 7.51. The van der Waals surface area contributed by atoms with Crippen molar-refractivity contribution in [1.29, 1.82) is 0 Å². The van der Waals surface area contributed by atoms with Crippen molar-refractivity contribution in [2.24, 2.45) is 0 Å². The molecule has 5 nitrogen and oxygen atoms in total. The summed E-state index contributed by atoms with van der Waals surface area (Å²) in [7, 11) is 0. The van der Waals surface area contributed by atoms with Gasteiger partial charge in [-0.2, -0.15) is 0 Å². The molecule has 1 aromatic carbocycles. The predicted octanol–water partition coefficient (Wildman–Crippen LogP) is 2.90. The number of carbonyl (C=O) groups is 1. The number of amides is 1. The number of rotatable bonds is 2. The third-order valence-electron chi connectivity index (χ3n) is 3.89. The summed E-state index contributed by atoms with van der Waals surface area (Å²) >= 11 is 0. The highest BCUT2D eigenvalue weighted by Crippen LogP contribution is 2.23. The maximum Gasteiger partial charge on any atom is 0.276 e. The number of hydrogen-bond donors (Lipinski definition) is 0. The normalized spacial score (nSPS) is 21.9. The fraction of sp³-hybridized carbons (Fsp3) is 0.412. The lowest BCUT2D eigenvalue weighted by atomic mass is 10.2. The molecule has 2 atom stereocenters. The molecule has 22 heavy (non-hydrogen) atoms. The number of morpholine rings is 1. The van der Waals surface area contributed by atoms with Gasteiger partial charge in [-0.05, 0) is 32.9 Å². The SMILES string of the molecule is Cc1oc(-c2ccccc2)nc1C(=O)N1C[C@H](C)OC[C@@H]1C. The van der Waals surface area contributed by atoms with Crippen LogP contribution in [-0.2, 0) is 4.74 Å². The lowest BCUT2D eigenvalue weighted by Crippen LogP contribution is -2.50. The van der Waals surface area contributed by atoms with Crippen molar-refractivity contribution >= 4 is 5.91 Å². The Kier molecular flexibility index (Phi) is 3.98. The second-order valence-corrected chi connectivity index (χ2v) is 5.74. The Morgan fingerprint density at radius 2 is 2.00 bits per heavy atom. The molecule has 1 aliphatic rings. The molecule has 5 heteroatoms. The minimum absolute atomic E-state index is 0.0416. The van der Waals surface area contributed by atoms with E-state index in [4.69, 9.17) is 9.15 Å². The quantitative estimate of drug-likeness (QED) is 0.855. The number of ether oxygens (including phenoxy) is 1. The molecule has 0 bridgehead atoms. The number of aryl methyl sites for hydroxylation is 1. The Bertz CT molecular complexity index is 666. The van der Waals surface area contributed by atoms with Gasteiger partial charge in [0.15, 0.2) is 5.69 Å². The minimum atomic E-state index is -0.0916. The average Bonchev–Trinajstić information content (AvgIpc) is 2.92. The zero-order valence-electron chi connectivity index (χ0n) is 13.1. The van der Waals surface area contributed by atoms with Crippen LogP contribution in [0.5, 0.6) is 0 Å². The van der Waals surface area contributed by atoms with Crippen LogP contribution >= 0.6 is 0 Å². The van der Waals surface area contributed by atoms with Gasteiger partial charge in [0.2, 0.25) is 5.89 Å². The van der Waals surface area contributed by atoms with Gasteiger partial charge in [0.1, 0.15) is 5.76 Å². The number of oxazole rings is 1. The summed E-state index contributed by atoms with van der Waals surface area (Å²) in [6, 6.07) is 9.64. The number of nitrogens with zero attached hydrogens (tertiary/aromatic N) is 2. The molecule has 0 spiro atoms. The molecule has 0 radical (unpaired) electrons. The van der Waals surface area contributed by atoms with Crippen molar-refractivity contribution in [3.63, 3.8) is 0 Å². The van der Waals surface area contributed by atoms with E-state index in [0.29, 0.717) is 30.5 Å². The van der Waals surface area contributed by atoms with Crippen LogP contribution in [0.3, 0.4) is 0 Å². The summed E-state index contributed by atoms with van der Waals surface area (Å²) in [5.74, 6) is 0.941. The molecule has 1 aromatic heterocycles. The molecule has 0 N–H and O–H groups in total.